The highest BCUT2D eigenvalue weighted by Crippen LogP contribution is 2.37. The maximum Gasteiger partial charge on any atom is 0.280 e. The Hall–Kier alpha value is -2.12. The molecule has 0 amide bonds. The zero-order valence-corrected chi connectivity index (χ0v) is 14.2. The van der Waals surface area contributed by atoms with Crippen LogP contribution in [0.25, 0.3) is 5.57 Å². The van der Waals surface area contributed by atoms with Crippen molar-refractivity contribution in [3.63, 3.8) is 0 Å². The van der Waals surface area contributed by atoms with Crippen LogP contribution in [0.4, 0.5) is 5.69 Å². The van der Waals surface area contributed by atoms with E-state index >= 15 is 0 Å². The number of nitro groups is 1. The van der Waals surface area contributed by atoms with Crippen LogP contribution in [0.1, 0.15) is 26.3 Å². The number of rotatable bonds is 8. The van der Waals surface area contributed by atoms with Gasteiger partial charge in [-0.05, 0) is 25.0 Å². The van der Waals surface area contributed by atoms with E-state index in [2.05, 4.69) is 11.5 Å². The Kier molecular flexibility index (Phi) is 8.37. The average molecular weight is 352 g/mol. The highest BCUT2D eigenvalue weighted by Gasteiger charge is 2.20. The van der Waals surface area contributed by atoms with Crippen molar-refractivity contribution in [1.82, 2.24) is 4.90 Å². The summed E-state index contributed by atoms with van der Waals surface area (Å²) in [6.07, 6.45) is 0.833. The van der Waals surface area contributed by atoms with Crippen molar-refractivity contribution >= 4 is 11.3 Å². The molecule has 1 fully saturated rings. The summed E-state index contributed by atoms with van der Waals surface area (Å²) in [4.78, 5) is 13.2. The van der Waals surface area contributed by atoms with Crippen LogP contribution >= 0.6 is 0 Å². The first-order valence-electron chi connectivity index (χ1n) is 7.98. The van der Waals surface area contributed by atoms with Crippen LogP contribution in [-0.4, -0.2) is 56.4 Å². The third-order valence-corrected chi connectivity index (χ3v) is 3.92. The molecule has 1 saturated heterocycles. The van der Waals surface area contributed by atoms with Gasteiger partial charge in [0, 0.05) is 19.6 Å². The van der Waals surface area contributed by atoms with Crippen molar-refractivity contribution in [2.45, 2.75) is 20.8 Å². The van der Waals surface area contributed by atoms with Crippen molar-refractivity contribution in [2.75, 3.05) is 46.6 Å². The number of allylic oxidation sites excluding steroid dienone is 1. The number of nitro benzene ring substituents is 1. The number of methoxy groups -OCH3 is 1. The summed E-state index contributed by atoms with van der Waals surface area (Å²) in [5.74, 6) is 0.862. The predicted molar refractivity (Wildman–Crippen MR) is 98.5 cm³/mol. The van der Waals surface area contributed by atoms with Gasteiger partial charge >= 0.3 is 0 Å². The molecule has 0 bridgehead atoms. The van der Waals surface area contributed by atoms with Gasteiger partial charge < -0.3 is 14.2 Å². The Labute approximate surface area is 149 Å². The van der Waals surface area contributed by atoms with Crippen molar-refractivity contribution in [2.24, 2.45) is 0 Å². The SMILES string of the molecule is C.C=C(C)c1cc(OC)c(OCCCN2CCOCC2)cc1[N+](=O)[O-]. The van der Waals surface area contributed by atoms with Gasteiger partial charge in [0.05, 0.1) is 43.5 Å². The Balaban J connectivity index is 0.00000312. The second-order valence-electron chi connectivity index (χ2n) is 5.71. The first kappa shape index (κ1) is 20.9. The molecule has 2 rings (SSSR count). The summed E-state index contributed by atoms with van der Waals surface area (Å²) in [5, 5.41) is 11.3. The fraction of sp³-hybridized carbons (Fsp3) is 0.556. The van der Waals surface area contributed by atoms with E-state index in [1.807, 2.05) is 0 Å². The maximum absolute atomic E-state index is 11.3. The lowest BCUT2D eigenvalue weighted by Crippen LogP contribution is -2.37. The van der Waals surface area contributed by atoms with Gasteiger partial charge in [0.15, 0.2) is 11.5 Å². The number of hydrogen-bond acceptors (Lipinski definition) is 6. The minimum Gasteiger partial charge on any atom is -0.493 e. The highest BCUT2D eigenvalue weighted by molar-refractivity contribution is 5.73. The lowest BCUT2D eigenvalue weighted by molar-refractivity contribution is -0.385. The van der Waals surface area contributed by atoms with Crippen LogP contribution in [0.15, 0.2) is 18.7 Å². The molecule has 0 atom stereocenters. The van der Waals surface area contributed by atoms with E-state index in [1.54, 1.807) is 13.0 Å². The standard InChI is InChI=1S/C17H24N2O5.CH4/c1-13(2)14-11-16(22-3)17(12-15(14)19(20)21)24-8-4-5-18-6-9-23-10-7-18;/h11-12H,1,4-10H2,2-3H3;1H4. The summed E-state index contributed by atoms with van der Waals surface area (Å²) in [6.45, 7) is 10.3. The minimum absolute atomic E-state index is 0. The fourth-order valence-corrected chi connectivity index (χ4v) is 2.61. The zero-order valence-electron chi connectivity index (χ0n) is 14.2. The van der Waals surface area contributed by atoms with Gasteiger partial charge in [-0.25, -0.2) is 0 Å². The van der Waals surface area contributed by atoms with Gasteiger partial charge in [0.1, 0.15) is 0 Å². The molecule has 1 aromatic carbocycles. The number of benzene rings is 1. The lowest BCUT2D eigenvalue weighted by atomic mass is 10.1. The quantitative estimate of drug-likeness (QED) is 0.406. The van der Waals surface area contributed by atoms with Gasteiger partial charge in [0.25, 0.3) is 5.69 Å². The van der Waals surface area contributed by atoms with Crippen LogP contribution in [0.3, 0.4) is 0 Å². The van der Waals surface area contributed by atoms with Crippen molar-refractivity contribution < 1.29 is 19.1 Å². The van der Waals surface area contributed by atoms with E-state index in [0.29, 0.717) is 29.2 Å². The monoisotopic (exact) mass is 352 g/mol. The van der Waals surface area contributed by atoms with Gasteiger partial charge in [-0.15, -0.1) is 0 Å². The van der Waals surface area contributed by atoms with Crippen LogP contribution in [0.2, 0.25) is 0 Å². The summed E-state index contributed by atoms with van der Waals surface area (Å²) in [7, 11) is 1.52. The molecule has 140 valence electrons. The topological polar surface area (TPSA) is 74.1 Å². The molecule has 0 N–H and O–H groups in total. The molecule has 7 heteroatoms. The summed E-state index contributed by atoms with van der Waals surface area (Å²) in [6, 6.07) is 3.02. The fourth-order valence-electron chi connectivity index (χ4n) is 2.61. The van der Waals surface area contributed by atoms with Crippen LogP contribution < -0.4 is 9.47 Å². The van der Waals surface area contributed by atoms with Gasteiger partial charge in [-0.1, -0.05) is 14.0 Å². The van der Waals surface area contributed by atoms with Crippen molar-refractivity contribution in [3.05, 3.63) is 34.4 Å². The van der Waals surface area contributed by atoms with E-state index < -0.39 is 4.92 Å². The maximum atomic E-state index is 11.3. The Morgan fingerprint density at radius 2 is 2.04 bits per heavy atom. The Bertz CT molecular complexity index is 597. The molecule has 7 nitrogen and oxygen atoms in total. The smallest absolute Gasteiger partial charge is 0.280 e. The van der Waals surface area contributed by atoms with E-state index in [4.69, 9.17) is 14.2 Å². The summed E-state index contributed by atoms with van der Waals surface area (Å²) < 4.78 is 16.3. The zero-order chi connectivity index (χ0) is 17.5. The van der Waals surface area contributed by atoms with E-state index in [-0.39, 0.29) is 13.1 Å². The summed E-state index contributed by atoms with van der Waals surface area (Å²) in [5.41, 5.74) is 1.04. The predicted octanol–water partition coefficient (Wildman–Crippen LogP) is 3.37. The number of morpholine rings is 1. The minimum atomic E-state index is -0.427. The molecule has 0 spiro atoms. The third kappa shape index (κ3) is 5.72. The second-order valence-corrected chi connectivity index (χ2v) is 5.71. The van der Waals surface area contributed by atoms with E-state index in [0.717, 1.165) is 39.3 Å². The molecule has 1 heterocycles. The molecule has 1 aromatic rings. The number of nitrogens with zero attached hydrogens (tertiary/aromatic N) is 2. The van der Waals surface area contributed by atoms with Gasteiger partial charge in [-0.3, -0.25) is 15.0 Å². The first-order chi connectivity index (χ1) is 11.5. The number of hydrogen-bond donors (Lipinski definition) is 0. The molecule has 1 aliphatic rings. The van der Waals surface area contributed by atoms with E-state index in [1.165, 1.54) is 13.2 Å². The molecule has 0 unspecified atom stereocenters. The molecular formula is C18H28N2O5. The van der Waals surface area contributed by atoms with Crippen LogP contribution in [-0.2, 0) is 4.74 Å². The van der Waals surface area contributed by atoms with Crippen molar-refractivity contribution in [3.8, 4) is 11.5 Å². The molecule has 0 saturated carbocycles. The summed E-state index contributed by atoms with van der Waals surface area (Å²) >= 11 is 0. The largest absolute Gasteiger partial charge is 0.493 e. The molecule has 1 aliphatic heterocycles. The van der Waals surface area contributed by atoms with Gasteiger partial charge in [-0.2, -0.15) is 0 Å². The Morgan fingerprint density at radius 1 is 1.36 bits per heavy atom. The average Bonchev–Trinajstić information content (AvgIpc) is 2.58. The van der Waals surface area contributed by atoms with E-state index in [9.17, 15) is 10.1 Å². The third-order valence-electron chi connectivity index (χ3n) is 3.92. The first-order valence-corrected chi connectivity index (χ1v) is 7.98. The molecule has 0 aromatic heterocycles. The van der Waals surface area contributed by atoms with Crippen LogP contribution in [0, 0.1) is 10.1 Å². The normalized spacial score (nSPS) is 14.5. The lowest BCUT2D eigenvalue weighted by Gasteiger charge is -2.26. The van der Waals surface area contributed by atoms with Crippen LogP contribution in [0.5, 0.6) is 11.5 Å². The second kappa shape index (κ2) is 10.0. The molecular weight excluding hydrogens is 324 g/mol. The van der Waals surface area contributed by atoms with Gasteiger partial charge in [0.2, 0.25) is 0 Å². The molecule has 0 radical (unpaired) electrons. The molecule has 0 aliphatic carbocycles. The Morgan fingerprint density at radius 3 is 2.60 bits per heavy atom. The highest BCUT2D eigenvalue weighted by atomic mass is 16.6. The molecule has 25 heavy (non-hydrogen) atoms. The van der Waals surface area contributed by atoms with Crippen molar-refractivity contribution in [1.29, 1.82) is 0 Å². The number of ether oxygens (including phenoxy) is 3.